The van der Waals surface area contributed by atoms with E-state index in [-0.39, 0.29) is 6.61 Å². The van der Waals surface area contributed by atoms with Crippen molar-refractivity contribution >= 4 is 16.1 Å². The van der Waals surface area contributed by atoms with Gasteiger partial charge in [-0.25, -0.2) is 13.2 Å². The molecule has 0 aromatic heterocycles. The van der Waals surface area contributed by atoms with Crippen LogP contribution in [0, 0.1) is 6.92 Å². The number of primary amides is 1. The molecule has 27 heavy (non-hydrogen) atoms. The fraction of sp³-hybridized carbons (Fsp3) is 0.611. The lowest BCUT2D eigenvalue weighted by molar-refractivity contribution is -0.00907. The quantitative estimate of drug-likeness (QED) is 0.816. The van der Waals surface area contributed by atoms with E-state index in [0.29, 0.717) is 32.5 Å². The van der Waals surface area contributed by atoms with E-state index in [4.69, 9.17) is 15.2 Å². The van der Waals surface area contributed by atoms with Gasteiger partial charge in [0.2, 0.25) is 10.0 Å². The van der Waals surface area contributed by atoms with Gasteiger partial charge in [0.05, 0.1) is 12.8 Å². The lowest BCUT2D eigenvalue weighted by Gasteiger charge is -2.42. The van der Waals surface area contributed by atoms with Crippen molar-refractivity contribution in [3.05, 3.63) is 29.3 Å². The van der Waals surface area contributed by atoms with Gasteiger partial charge in [0.25, 0.3) is 0 Å². The van der Waals surface area contributed by atoms with E-state index in [1.165, 1.54) is 10.6 Å². The molecule has 8 nitrogen and oxygen atoms in total. The zero-order valence-corrected chi connectivity index (χ0v) is 16.6. The second kappa shape index (κ2) is 7.65. The van der Waals surface area contributed by atoms with Crippen molar-refractivity contribution in [2.24, 2.45) is 5.73 Å². The topological polar surface area (TPSA) is 102 Å². The Morgan fingerprint density at radius 3 is 2.67 bits per heavy atom. The molecule has 3 rings (SSSR count). The summed E-state index contributed by atoms with van der Waals surface area (Å²) >= 11 is 0. The number of nitrogens with zero attached hydrogens (tertiary/aromatic N) is 2. The highest BCUT2D eigenvalue weighted by Gasteiger charge is 2.42. The normalized spacial score (nSPS) is 20.5. The molecule has 0 aliphatic carbocycles. The van der Waals surface area contributed by atoms with Crippen molar-refractivity contribution in [3.8, 4) is 5.75 Å². The summed E-state index contributed by atoms with van der Waals surface area (Å²) in [7, 11) is -3.35. The number of benzene rings is 1. The van der Waals surface area contributed by atoms with Crippen molar-refractivity contribution in [1.82, 2.24) is 9.21 Å². The van der Waals surface area contributed by atoms with Crippen LogP contribution >= 0.6 is 0 Å². The van der Waals surface area contributed by atoms with E-state index in [1.54, 1.807) is 0 Å². The zero-order valence-electron chi connectivity index (χ0n) is 15.8. The molecule has 0 unspecified atom stereocenters. The molecule has 0 radical (unpaired) electrons. The molecule has 1 fully saturated rings. The molecule has 1 aromatic carbocycles. The van der Waals surface area contributed by atoms with Crippen molar-refractivity contribution in [2.45, 2.75) is 31.9 Å². The van der Waals surface area contributed by atoms with Gasteiger partial charge in [-0.2, -0.15) is 4.31 Å². The minimum absolute atomic E-state index is 0.251. The number of aryl methyl sites for hydroxylation is 1. The van der Waals surface area contributed by atoms with Crippen molar-refractivity contribution < 1.29 is 22.7 Å². The summed E-state index contributed by atoms with van der Waals surface area (Å²) in [5, 5.41) is 0. The van der Waals surface area contributed by atoms with Crippen LogP contribution in [0.2, 0.25) is 0 Å². The lowest BCUT2D eigenvalue weighted by Crippen LogP contribution is -2.54. The van der Waals surface area contributed by atoms with Crippen LogP contribution in [0.4, 0.5) is 4.79 Å². The van der Waals surface area contributed by atoms with Crippen LogP contribution < -0.4 is 10.5 Å². The molecule has 150 valence electrons. The van der Waals surface area contributed by atoms with Gasteiger partial charge in [0.15, 0.2) is 0 Å². The molecule has 0 atom stereocenters. The third-order valence-electron chi connectivity index (χ3n) is 5.24. The summed E-state index contributed by atoms with van der Waals surface area (Å²) < 4.78 is 37.4. The fourth-order valence-corrected chi connectivity index (χ4v) is 4.56. The molecule has 1 aromatic rings. The predicted octanol–water partition coefficient (Wildman–Crippen LogP) is 1.08. The molecule has 2 aliphatic heterocycles. The maximum atomic E-state index is 12.3. The van der Waals surface area contributed by atoms with Gasteiger partial charge in [-0.15, -0.1) is 0 Å². The first-order chi connectivity index (χ1) is 12.7. The van der Waals surface area contributed by atoms with Crippen LogP contribution in [0.5, 0.6) is 5.75 Å². The van der Waals surface area contributed by atoms with Crippen molar-refractivity contribution in [3.63, 3.8) is 0 Å². The number of nitrogens with two attached hydrogens (primary N) is 1. The first-order valence-corrected chi connectivity index (χ1v) is 10.9. The number of carbonyl (C=O) groups excluding carboxylic acids is 1. The third kappa shape index (κ3) is 4.91. The maximum absolute atomic E-state index is 12.3. The molecule has 0 bridgehead atoms. The number of piperidine rings is 1. The maximum Gasteiger partial charge on any atom is 0.404 e. The van der Waals surface area contributed by atoms with E-state index >= 15 is 0 Å². The SMILES string of the molecule is Cc1ccc2c(c1)CN(S(C)(=O)=O)CC1(CCN(CCOC(N)=O)CC1)O2. The minimum atomic E-state index is -3.35. The van der Waals surface area contributed by atoms with Gasteiger partial charge >= 0.3 is 6.09 Å². The number of sulfonamides is 1. The van der Waals surface area contributed by atoms with E-state index in [1.807, 2.05) is 25.1 Å². The first-order valence-electron chi connectivity index (χ1n) is 9.05. The van der Waals surface area contributed by atoms with Gasteiger partial charge in [-0.05, 0) is 13.0 Å². The summed E-state index contributed by atoms with van der Waals surface area (Å²) in [5.74, 6) is 0.761. The first kappa shape index (κ1) is 19.9. The number of hydrogen-bond acceptors (Lipinski definition) is 6. The minimum Gasteiger partial charge on any atom is -0.485 e. The smallest absolute Gasteiger partial charge is 0.404 e. The Bertz CT molecular complexity index is 803. The Morgan fingerprint density at radius 2 is 2.04 bits per heavy atom. The number of fused-ring (bicyclic) bond motifs is 1. The number of ether oxygens (including phenoxy) is 2. The average Bonchev–Trinajstić information content (AvgIpc) is 2.73. The van der Waals surface area contributed by atoms with Gasteiger partial charge in [0, 0.05) is 44.6 Å². The Hall–Kier alpha value is -1.84. The third-order valence-corrected chi connectivity index (χ3v) is 6.44. The second-order valence-electron chi connectivity index (χ2n) is 7.44. The van der Waals surface area contributed by atoms with Crippen LogP contribution in [0.3, 0.4) is 0 Å². The van der Waals surface area contributed by atoms with Crippen molar-refractivity contribution in [1.29, 1.82) is 0 Å². The molecule has 9 heteroatoms. The second-order valence-corrected chi connectivity index (χ2v) is 9.42. The fourth-order valence-electron chi connectivity index (χ4n) is 3.72. The van der Waals surface area contributed by atoms with Crippen LogP contribution in [0.1, 0.15) is 24.0 Å². The molecule has 1 spiro atoms. The highest BCUT2D eigenvalue weighted by atomic mass is 32.2. The van der Waals surface area contributed by atoms with E-state index in [9.17, 15) is 13.2 Å². The van der Waals surface area contributed by atoms with Crippen LogP contribution in [-0.4, -0.2) is 68.4 Å². The molecule has 2 N–H and O–H groups in total. The number of amides is 1. The highest BCUT2D eigenvalue weighted by Crippen LogP contribution is 2.36. The highest BCUT2D eigenvalue weighted by molar-refractivity contribution is 7.88. The van der Waals surface area contributed by atoms with Gasteiger partial charge in [-0.3, -0.25) is 4.90 Å². The molecule has 2 heterocycles. The summed E-state index contributed by atoms with van der Waals surface area (Å²) in [6.45, 7) is 4.98. The van der Waals surface area contributed by atoms with Crippen molar-refractivity contribution in [2.75, 3.05) is 39.0 Å². The summed E-state index contributed by atoms with van der Waals surface area (Å²) in [6.07, 6.45) is 1.87. The largest absolute Gasteiger partial charge is 0.485 e. The molecule has 1 amide bonds. The Balaban J connectivity index is 1.76. The summed E-state index contributed by atoms with van der Waals surface area (Å²) in [4.78, 5) is 12.9. The molecular weight excluding hydrogens is 370 g/mol. The van der Waals surface area contributed by atoms with E-state index < -0.39 is 21.7 Å². The van der Waals surface area contributed by atoms with E-state index in [0.717, 1.165) is 30.0 Å². The van der Waals surface area contributed by atoms with Crippen LogP contribution in [-0.2, 0) is 21.3 Å². The monoisotopic (exact) mass is 397 g/mol. The number of carbonyl (C=O) groups is 1. The standard InChI is InChI=1S/C18H27N3O5S/c1-14-3-4-16-15(11-14)12-21(27(2,23)24)13-18(26-16)5-7-20(8-6-18)9-10-25-17(19)22/h3-4,11H,5-10,12-13H2,1-2H3,(H2,19,22). The van der Waals surface area contributed by atoms with E-state index in [2.05, 4.69) is 4.90 Å². The van der Waals surface area contributed by atoms with Gasteiger partial charge in [-0.1, -0.05) is 17.7 Å². The zero-order chi connectivity index (χ0) is 19.7. The summed E-state index contributed by atoms with van der Waals surface area (Å²) in [6, 6.07) is 5.91. The lowest BCUT2D eigenvalue weighted by atomic mass is 9.91. The van der Waals surface area contributed by atoms with Crippen LogP contribution in [0.15, 0.2) is 18.2 Å². The number of likely N-dealkylation sites (tertiary alicyclic amines) is 1. The van der Waals surface area contributed by atoms with Gasteiger partial charge in [0.1, 0.15) is 18.0 Å². The molecule has 2 aliphatic rings. The Kier molecular flexibility index (Phi) is 5.64. The number of hydrogen-bond donors (Lipinski definition) is 1. The van der Waals surface area contributed by atoms with Gasteiger partial charge < -0.3 is 15.2 Å². The summed E-state index contributed by atoms with van der Waals surface area (Å²) in [5.41, 5.74) is 6.41. The predicted molar refractivity (Wildman–Crippen MR) is 101 cm³/mol. The molecule has 1 saturated heterocycles. The Labute approximate surface area is 160 Å². The molecular formula is C18H27N3O5S. The van der Waals surface area contributed by atoms with Crippen LogP contribution in [0.25, 0.3) is 0 Å². The average molecular weight is 397 g/mol. The number of rotatable bonds is 4. The molecule has 0 saturated carbocycles. The Morgan fingerprint density at radius 1 is 1.33 bits per heavy atom.